The van der Waals surface area contributed by atoms with E-state index in [1.807, 2.05) is 48.5 Å². The van der Waals surface area contributed by atoms with Crippen LogP contribution in [0.1, 0.15) is 35.6 Å². The van der Waals surface area contributed by atoms with E-state index in [1.54, 1.807) is 23.6 Å². The highest BCUT2D eigenvalue weighted by Crippen LogP contribution is 2.68. The first kappa shape index (κ1) is 21.3. The summed E-state index contributed by atoms with van der Waals surface area (Å²) in [6, 6.07) is 15.2. The second-order valence-electron chi connectivity index (χ2n) is 9.47. The topological polar surface area (TPSA) is 78.7 Å². The molecule has 2 spiro atoms. The van der Waals surface area contributed by atoms with Crippen molar-refractivity contribution >= 4 is 45.8 Å². The van der Waals surface area contributed by atoms with Gasteiger partial charge in [0.25, 0.3) is 0 Å². The highest BCUT2D eigenvalue weighted by atomic mass is 32.2. The number of furan rings is 1. The molecule has 9 heteroatoms. The third-order valence-electron chi connectivity index (χ3n) is 7.95. The average molecular weight is 503 g/mol. The SMILES string of the molecule is O=C1N(Cc2ccco2)C(=S)S[C@@]12C1CCCN1[C@]1(C(=O)Nc3ccccc31)C2c1cccnc1. The maximum absolute atomic E-state index is 14.5. The first-order valence-electron chi connectivity index (χ1n) is 11.7. The molecule has 0 aliphatic carbocycles. The molecule has 35 heavy (non-hydrogen) atoms. The zero-order valence-electron chi connectivity index (χ0n) is 18.7. The Morgan fingerprint density at radius 2 is 2.06 bits per heavy atom. The van der Waals surface area contributed by atoms with Crippen molar-refractivity contribution < 1.29 is 14.0 Å². The van der Waals surface area contributed by atoms with Gasteiger partial charge >= 0.3 is 0 Å². The van der Waals surface area contributed by atoms with Crippen LogP contribution in [-0.4, -0.2) is 48.3 Å². The van der Waals surface area contributed by atoms with Crippen molar-refractivity contribution in [1.29, 1.82) is 0 Å². The van der Waals surface area contributed by atoms with Crippen LogP contribution in [0.15, 0.2) is 71.6 Å². The van der Waals surface area contributed by atoms with Gasteiger partial charge in [0.05, 0.1) is 12.8 Å². The lowest BCUT2D eigenvalue weighted by molar-refractivity contribution is -0.130. The van der Waals surface area contributed by atoms with E-state index in [0.717, 1.165) is 36.2 Å². The number of benzene rings is 1. The number of carbonyl (C=O) groups excluding carboxylic acids is 2. The molecule has 2 unspecified atom stereocenters. The summed E-state index contributed by atoms with van der Waals surface area (Å²) in [5.74, 6) is 0.0785. The number of thiocarbonyl (C=S) groups is 1. The van der Waals surface area contributed by atoms with Crippen molar-refractivity contribution in [2.24, 2.45) is 0 Å². The lowest BCUT2D eigenvalue weighted by Gasteiger charge is -2.38. The summed E-state index contributed by atoms with van der Waals surface area (Å²) >= 11 is 7.27. The molecule has 7 rings (SSSR count). The maximum Gasteiger partial charge on any atom is 0.250 e. The third-order valence-corrected chi connectivity index (χ3v) is 9.83. The number of fused-ring (bicyclic) bond motifs is 5. The average Bonchev–Trinajstić information content (AvgIpc) is 3.67. The van der Waals surface area contributed by atoms with E-state index in [4.69, 9.17) is 16.6 Å². The quantitative estimate of drug-likeness (QED) is 0.545. The summed E-state index contributed by atoms with van der Waals surface area (Å²) in [6.45, 7) is 1.02. The lowest BCUT2D eigenvalue weighted by atomic mass is 9.70. The summed E-state index contributed by atoms with van der Waals surface area (Å²) in [5.41, 5.74) is 1.59. The van der Waals surface area contributed by atoms with Crippen molar-refractivity contribution in [2.75, 3.05) is 11.9 Å². The number of carbonyl (C=O) groups is 2. The van der Waals surface area contributed by atoms with Gasteiger partial charge < -0.3 is 9.73 Å². The Morgan fingerprint density at radius 1 is 1.17 bits per heavy atom. The van der Waals surface area contributed by atoms with Crippen molar-refractivity contribution in [2.45, 2.75) is 41.6 Å². The standard InChI is InChI=1S/C26H22N4O3S2/c31-22-25(18-8-1-2-9-19(18)28-22)21(16-6-3-11-27-14-16)26(20-10-4-12-30(20)25)23(32)29(24(34)35-26)15-17-7-5-13-33-17/h1-3,5-9,11,13-14,20-21H,4,10,12,15H2,(H,28,31)/t20?,21?,25-,26+/m0/s1. The summed E-state index contributed by atoms with van der Waals surface area (Å²) in [5, 5.41) is 3.14. The highest BCUT2D eigenvalue weighted by molar-refractivity contribution is 8.25. The largest absolute Gasteiger partial charge is 0.467 e. The molecule has 7 nitrogen and oxygen atoms in total. The van der Waals surface area contributed by atoms with Gasteiger partial charge in [0.15, 0.2) is 0 Å². The van der Waals surface area contributed by atoms with Crippen molar-refractivity contribution in [3.05, 3.63) is 84.1 Å². The van der Waals surface area contributed by atoms with Gasteiger partial charge in [0.2, 0.25) is 11.8 Å². The summed E-state index contributed by atoms with van der Waals surface area (Å²) < 4.78 is 5.13. The van der Waals surface area contributed by atoms with Crippen LogP contribution in [0.5, 0.6) is 0 Å². The molecule has 2 amide bonds. The number of nitrogens with zero attached hydrogens (tertiary/aromatic N) is 3. The van der Waals surface area contributed by atoms with E-state index in [1.165, 1.54) is 11.8 Å². The predicted molar refractivity (Wildman–Crippen MR) is 136 cm³/mol. The van der Waals surface area contributed by atoms with Gasteiger partial charge in [-0.05, 0) is 49.2 Å². The molecular weight excluding hydrogens is 480 g/mol. The molecule has 1 aromatic carbocycles. The van der Waals surface area contributed by atoms with E-state index in [2.05, 4.69) is 15.2 Å². The van der Waals surface area contributed by atoms with Gasteiger partial charge in [-0.3, -0.25) is 24.4 Å². The number of hydrogen-bond donors (Lipinski definition) is 1. The minimum Gasteiger partial charge on any atom is -0.467 e. The number of rotatable bonds is 3. The van der Waals surface area contributed by atoms with Gasteiger partial charge in [-0.2, -0.15) is 0 Å². The lowest BCUT2D eigenvalue weighted by Crippen LogP contribution is -2.51. The van der Waals surface area contributed by atoms with E-state index >= 15 is 0 Å². The molecule has 3 fully saturated rings. The second kappa shape index (κ2) is 7.49. The molecule has 4 atom stereocenters. The number of nitrogens with one attached hydrogen (secondary N) is 1. The third kappa shape index (κ3) is 2.60. The molecule has 0 bridgehead atoms. The number of thioether (sulfide) groups is 1. The molecule has 1 N–H and O–H groups in total. The van der Waals surface area contributed by atoms with E-state index in [-0.39, 0.29) is 24.4 Å². The Morgan fingerprint density at radius 3 is 2.86 bits per heavy atom. The van der Waals surface area contributed by atoms with Gasteiger partial charge in [-0.1, -0.05) is 48.2 Å². The van der Waals surface area contributed by atoms with Gasteiger partial charge in [-0.15, -0.1) is 0 Å². The summed E-state index contributed by atoms with van der Waals surface area (Å²) in [4.78, 5) is 37.0. The molecule has 3 saturated heterocycles. The van der Waals surface area contributed by atoms with Crippen LogP contribution < -0.4 is 5.32 Å². The number of anilines is 1. The Kier molecular flexibility index (Phi) is 4.56. The van der Waals surface area contributed by atoms with E-state index < -0.39 is 16.2 Å². The smallest absolute Gasteiger partial charge is 0.250 e. The first-order chi connectivity index (χ1) is 17.1. The molecule has 3 aromatic rings. The number of hydrogen-bond acceptors (Lipinski definition) is 7. The maximum atomic E-state index is 14.5. The van der Waals surface area contributed by atoms with Crippen LogP contribution >= 0.6 is 24.0 Å². The minimum atomic E-state index is -1.01. The van der Waals surface area contributed by atoms with E-state index in [9.17, 15) is 9.59 Å². The molecule has 4 aliphatic rings. The number of aromatic nitrogens is 1. The number of para-hydroxylation sites is 1. The Bertz CT molecular complexity index is 1360. The highest BCUT2D eigenvalue weighted by Gasteiger charge is 2.78. The molecule has 176 valence electrons. The van der Waals surface area contributed by atoms with E-state index in [0.29, 0.717) is 10.1 Å². The molecule has 4 aliphatic heterocycles. The van der Waals surface area contributed by atoms with Gasteiger partial charge in [0.1, 0.15) is 20.4 Å². The fourth-order valence-corrected chi connectivity index (χ4v) is 8.91. The Hall–Kier alpha value is -3.01. The summed E-state index contributed by atoms with van der Waals surface area (Å²) in [6.07, 6.45) is 6.87. The van der Waals surface area contributed by atoms with Gasteiger partial charge in [-0.25, -0.2) is 0 Å². The normalized spacial score (nSPS) is 31.5. The zero-order valence-corrected chi connectivity index (χ0v) is 20.3. The van der Waals surface area contributed by atoms with Crippen molar-refractivity contribution in [1.82, 2.24) is 14.8 Å². The predicted octanol–water partition coefficient (Wildman–Crippen LogP) is 3.88. The molecule has 0 radical (unpaired) electrons. The van der Waals surface area contributed by atoms with Crippen molar-refractivity contribution in [3.63, 3.8) is 0 Å². The molecular formula is C26H22N4O3S2. The monoisotopic (exact) mass is 502 g/mol. The second-order valence-corrected chi connectivity index (χ2v) is 11.4. The first-order valence-corrected chi connectivity index (χ1v) is 13.0. The zero-order chi connectivity index (χ0) is 23.8. The number of pyridine rings is 1. The van der Waals surface area contributed by atoms with Crippen LogP contribution in [0.2, 0.25) is 0 Å². The molecule has 6 heterocycles. The van der Waals surface area contributed by atoms with Crippen LogP contribution in [0, 0.1) is 0 Å². The Labute approximate surface area is 211 Å². The molecule has 2 aromatic heterocycles. The fraction of sp³-hybridized carbons (Fsp3) is 0.308. The van der Waals surface area contributed by atoms with Crippen LogP contribution in [0.4, 0.5) is 5.69 Å². The minimum absolute atomic E-state index is 0.0521. The summed E-state index contributed by atoms with van der Waals surface area (Å²) in [7, 11) is 0. The van der Waals surface area contributed by atoms with Crippen LogP contribution in [0.3, 0.4) is 0 Å². The van der Waals surface area contributed by atoms with Crippen molar-refractivity contribution in [3.8, 4) is 0 Å². The van der Waals surface area contributed by atoms with Crippen LogP contribution in [-0.2, 0) is 21.7 Å². The van der Waals surface area contributed by atoms with Crippen LogP contribution in [0.25, 0.3) is 0 Å². The fourth-order valence-electron chi connectivity index (χ4n) is 6.80. The number of amides is 2. The Balaban J connectivity index is 1.48. The van der Waals surface area contributed by atoms with Gasteiger partial charge in [0, 0.05) is 35.6 Å². The molecule has 0 saturated carbocycles.